The highest BCUT2D eigenvalue weighted by Crippen LogP contribution is 2.38. The summed E-state index contributed by atoms with van der Waals surface area (Å²) in [6.07, 6.45) is 0. The van der Waals surface area contributed by atoms with Gasteiger partial charge in [-0.2, -0.15) is 0 Å². The molecule has 0 spiro atoms. The van der Waals surface area contributed by atoms with Crippen LogP contribution in [-0.2, 0) is 4.79 Å². The quantitative estimate of drug-likeness (QED) is 0.406. The van der Waals surface area contributed by atoms with E-state index >= 15 is 0 Å². The summed E-state index contributed by atoms with van der Waals surface area (Å²) in [6.45, 7) is 3.34. The number of amides is 3. The van der Waals surface area contributed by atoms with Gasteiger partial charge in [0.25, 0.3) is 11.8 Å². The van der Waals surface area contributed by atoms with E-state index in [1.807, 2.05) is 67.6 Å². The van der Waals surface area contributed by atoms with Gasteiger partial charge in [0.05, 0.1) is 17.1 Å². The molecule has 1 aliphatic rings. The van der Waals surface area contributed by atoms with Crippen molar-refractivity contribution in [3.8, 4) is 0 Å². The van der Waals surface area contributed by atoms with E-state index in [2.05, 4.69) is 10.6 Å². The predicted molar refractivity (Wildman–Crippen MR) is 130 cm³/mol. The summed E-state index contributed by atoms with van der Waals surface area (Å²) >= 11 is 0. The molecule has 6 nitrogen and oxygen atoms in total. The van der Waals surface area contributed by atoms with Crippen molar-refractivity contribution in [2.75, 3.05) is 15.5 Å². The minimum absolute atomic E-state index is 0.173. The molecule has 0 bridgehead atoms. The maximum Gasteiger partial charge on any atom is 0.265 e. The molecule has 5 rings (SSSR count). The first kappa shape index (κ1) is 20.5. The van der Waals surface area contributed by atoms with E-state index in [4.69, 9.17) is 0 Å². The molecule has 162 valence electrons. The smallest absolute Gasteiger partial charge is 0.265 e. The predicted octanol–water partition coefficient (Wildman–Crippen LogP) is 5.65. The Morgan fingerprint density at radius 3 is 2.12 bits per heavy atom. The van der Waals surface area contributed by atoms with Crippen molar-refractivity contribution < 1.29 is 14.4 Å². The number of hydrogen-bond donors (Lipinski definition) is 2. The Kier molecular flexibility index (Phi) is 4.90. The SMILES string of the molecule is CC(=O)Nc1ccccc1Nc1ccc2c3c(cccc13)C(=O)N(c1ccccc1C)C2=O. The summed E-state index contributed by atoms with van der Waals surface area (Å²) in [4.78, 5) is 39.7. The summed E-state index contributed by atoms with van der Waals surface area (Å²) < 4.78 is 0. The summed E-state index contributed by atoms with van der Waals surface area (Å²) in [5.74, 6) is -0.861. The number of nitrogens with zero attached hydrogens (tertiary/aromatic N) is 1. The van der Waals surface area contributed by atoms with Crippen molar-refractivity contribution in [1.82, 2.24) is 0 Å². The third-order valence-corrected chi connectivity index (χ3v) is 5.77. The zero-order valence-electron chi connectivity index (χ0n) is 18.2. The first-order chi connectivity index (χ1) is 16.0. The van der Waals surface area contributed by atoms with Crippen molar-refractivity contribution >= 4 is 51.2 Å². The molecular weight excluding hydrogens is 414 g/mol. The van der Waals surface area contributed by atoms with Gasteiger partial charge in [-0.05, 0) is 48.9 Å². The minimum Gasteiger partial charge on any atom is -0.353 e. The van der Waals surface area contributed by atoms with Crippen LogP contribution in [0.2, 0.25) is 0 Å². The fourth-order valence-electron chi connectivity index (χ4n) is 4.27. The summed E-state index contributed by atoms with van der Waals surface area (Å²) in [7, 11) is 0. The highest BCUT2D eigenvalue weighted by atomic mass is 16.2. The molecule has 0 saturated heterocycles. The van der Waals surface area contributed by atoms with E-state index in [9.17, 15) is 14.4 Å². The number of nitrogens with one attached hydrogen (secondary N) is 2. The first-order valence-electron chi connectivity index (χ1n) is 10.6. The third kappa shape index (κ3) is 3.42. The molecule has 0 aliphatic carbocycles. The van der Waals surface area contributed by atoms with E-state index in [0.29, 0.717) is 33.6 Å². The molecule has 4 aromatic carbocycles. The second-order valence-electron chi connectivity index (χ2n) is 7.97. The average molecular weight is 435 g/mol. The summed E-state index contributed by atoms with van der Waals surface area (Å²) in [5, 5.41) is 7.55. The number of imide groups is 1. The van der Waals surface area contributed by atoms with Gasteiger partial charge < -0.3 is 10.6 Å². The van der Waals surface area contributed by atoms with Crippen LogP contribution in [0.5, 0.6) is 0 Å². The topological polar surface area (TPSA) is 78.5 Å². The Bertz CT molecular complexity index is 1440. The largest absolute Gasteiger partial charge is 0.353 e. The lowest BCUT2D eigenvalue weighted by molar-refractivity contribution is -0.114. The molecule has 1 aliphatic heterocycles. The van der Waals surface area contributed by atoms with Crippen LogP contribution in [-0.4, -0.2) is 17.7 Å². The molecule has 0 saturated carbocycles. The number of carbonyl (C=O) groups excluding carboxylic acids is 3. The second kappa shape index (κ2) is 7.91. The number of benzene rings is 4. The Balaban J connectivity index is 1.63. The Morgan fingerprint density at radius 1 is 0.727 bits per heavy atom. The van der Waals surface area contributed by atoms with E-state index in [0.717, 1.165) is 16.6 Å². The maximum absolute atomic E-state index is 13.4. The van der Waals surface area contributed by atoms with Crippen LogP contribution in [0.1, 0.15) is 33.2 Å². The van der Waals surface area contributed by atoms with Crippen LogP contribution in [0, 0.1) is 6.92 Å². The van der Waals surface area contributed by atoms with Gasteiger partial charge in [-0.15, -0.1) is 0 Å². The first-order valence-corrected chi connectivity index (χ1v) is 10.6. The van der Waals surface area contributed by atoms with Gasteiger partial charge >= 0.3 is 0 Å². The molecular formula is C27H21N3O3. The van der Waals surface area contributed by atoms with Crippen LogP contribution in [0.4, 0.5) is 22.7 Å². The highest BCUT2D eigenvalue weighted by Gasteiger charge is 2.35. The molecule has 1 heterocycles. The molecule has 6 heteroatoms. The zero-order chi connectivity index (χ0) is 23.1. The standard InChI is InChI=1S/C27H21N3O3/c1-16-8-3-6-13-24(16)30-26(32)19-10-7-9-18-21(15-14-20(25(18)19)27(30)33)29-23-12-5-4-11-22(23)28-17(2)31/h3-15,29H,1-2H3,(H,28,31). The number of para-hydroxylation sites is 3. The van der Waals surface area contributed by atoms with Crippen LogP contribution in [0.25, 0.3) is 10.8 Å². The van der Waals surface area contributed by atoms with Gasteiger partial charge in [0.2, 0.25) is 5.91 Å². The van der Waals surface area contributed by atoms with Gasteiger partial charge in [0.1, 0.15) is 0 Å². The van der Waals surface area contributed by atoms with Crippen LogP contribution >= 0.6 is 0 Å². The number of aryl methyl sites for hydroxylation is 1. The fourth-order valence-corrected chi connectivity index (χ4v) is 4.27. The Labute approximate surface area is 190 Å². The lowest BCUT2D eigenvalue weighted by Crippen LogP contribution is -2.40. The summed E-state index contributed by atoms with van der Waals surface area (Å²) in [6, 6.07) is 23.8. The van der Waals surface area contributed by atoms with Crippen molar-refractivity contribution in [2.24, 2.45) is 0 Å². The lowest BCUT2D eigenvalue weighted by Gasteiger charge is -2.29. The summed E-state index contributed by atoms with van der Waals surface area (Å²) in [5.41, 5.74) is 4.47. The fraction of sp³-hybridized carbons (Fsp3) is 0.0741. The van der Waals surface area contributed by atoms with Gasteiger partial charge in [0, 0.05) is 34.5 Å². The van der Waals surface area contributed by atoms with E-state index in [1.165, 1.54) is 11.8 Å². The minimum atomic E-state index is -0.344. The van der Waals surface area contributed by atoms with Crippen LogP contribution < -0.4 is 15.5 Å². The number of rotatable bonds is 4. The Morgan fingerprint density at radius 2 is 1.39 bits per heavy atom. The van der Waals surface area contributed by atoms with E-state index in [-0.39, 0.29) is 17.7 Å². The molecule has 3 amide bonds. The van der Waals surface area contributed by atoms with Gasteiger partial charge in [-0.3, -0.25) is 14.4 Å². The van der Waals surface area contributed by atoms with E-state index in [1.54, 1.807) is 18.2 Å². The monoisotopic (exact) mass is 435 g/mol. The molecule has 0 fully saturated rings. The molecule has 2 N–H and O–H groups in total. The van der Waals surface area contributed by atoms with Gasteiger partial charge in [-0.1, -0.05) is 42.5 Å². The number of carbonyl (C=O) groups is 3. The van der Waals surface area contributed by atoms with Crippen LogP contribution in [0.15, 0.2) is 78.9 Å². The zero-order valence-corrected chi connectivity index (χ0v) is 18.2. The molecule has 0 atom stereocenters. The lowest BCUT2D eigenvalue weighted by atomic mass is 9.92. The molecule has 4 aromatic rings. The average Bonchev–Trinajstić information content (AvgIpc) is 2.80. The van der Waals surface area contributed by atoms with Crippen molar-refractivity contribution in [3.63, 3.8) is 0 Å². The van der Waals surface area contributed by atoms with Gasteiger partial charge in [-0.25, -0.2) is 4.90 Å². The molecule has 0 aromatic heterocycles. The van der Waals surface area contributed by atoms with Crippen molar-refractivity contribution in [2.45, 2.75) is 13.8 Å². The Hall–Kier alpha value is -4.45. The molecule has 0 radical (unpaired) electrons. The van der Waals surface area contributed by atoms with Gasteiger partial charge in [0.15, 0.2) is 0 Å². The van der Waals surface area contributed by atoms with Crippen molar-refractivity contribution in [3.05, 3.63) is 95.6 Å². The van der Waals surface area contributed by atoms with E-state index < -0.39 is 0 Å². The van der Waals surface area contributed by atoms with Crippen LogP contribution in [0.3, 0.4) is 0 Å². The highest BCUT2D eigenvalue weighted by molar-refractivity contribution is 6.36. The third-order valence-electron chi connectivity index (χ3n) is 5.77. The number of hydrogen-bond acceptors (Lipinski definition) is 4. The normalized spacial score (nSPS) is 12.7. The maximum atomic E-state index is 13.4. The molecule has 33 heavy (non-hydrogen) atoms. The number of anilines is 4. The molecule has 0 unspecified atom stereocenters. The second-order valence-corrected chi connectivity index (χ2v) is 7.97. The van der Waals surface area contributed by atoms with Crippen molar-refractivity contribution in [1.29, 1.82) is 0 Å².